The van der Waals surface area contributed by atoms with Gasteiger partial charge in [-0.2, -0.15) is 0 Å². The molecule has 2 N–H and O–H groups in total. The second-order valence-corrected chi connectivity index (χ2v) is 9.33. The molecule has 2 aromatic rings. The summed E-state index contributed by atoms with van der Waals surface area (Å²) < 4.78 is 5.90. The molecule has 2 heterocycles. The van der Waals surface area contributed by atoms with E-state index in [4.69, 9.17) is 4.74 Å². The van der Waals surface area contributed by atoms with Gasteiger partial charge in [-0.05, 0) is 39.1 Å². The Morgan fingerprint density at radius 1 is 1.36 bits per heavy atom. The van der Waals surface area contributed by atoms with Crippen LogP contribution in [0, 0.1) is 0 Å². The van der Waals surface area contributed by atoms with Gasteiger partial charge in [-0.15, -0.1) is 21.5 Å². The van der Waals surface area contributed by atoms with Crippen molar-refractivity contribution in [2.24, 2.45) is 0 Å². The van der Waals surface area contributed by atoms with Gasteiger partial charge in [-0.3, -0.25) is 10.1 Å². The summed E-state index contributed by atoms with van der Waals surface area (Å²) in [4.78, 5) is 25.1. The molecular weight excluding hydrogens is 380 g/mol. The Morgan fingerprint density at radius 3 is 2.76 bits per heavy atom. The normalized spacial score (nSPS) is 12.5. The Labute approximate surface area is 158 Å². The summed E-state index contributed by atoms with van der Waals surface area (Å²) in [5, 5.41) is 15.6. The summed E-state index contributed by atoms with van der Waals surface area (Å²) in [6.45, 7) is 6.85. The molecule has 10 heteroatoms. The van der Waals surface area contributed by atoms with E-state index >= 15 is 0 Å². The molecule has 0 radical (unpaired) electrons. The van der Waals surface area contributed by atoms with Crippen LogP contribution < -0.4 is 10.6 Å². The molecule has 0 saturated carbocycles. The number of amides is 2. The van der Waals surface area contributed by atoms with Crippen molar-refractivity contribution in [3.05, 3.63) is 22.4 Å². The first-order valence-electron chi connectivity index (χ1n) is 7.52. The maximum Gasteiger partial charge on any atom is 0.408 e. The maximum atomic E-state index is 12.1. The second kappa shape index (κ2) is 8.63. The molecule has 0 aliphatic heterocycles. The molecule has 0 spiro atoms. The third kappa shape index (κ3) is 7.00. The number of rotatable bonds is 6. The molecule has 136 valence electrons. The molecule has 25 heavy (non-hydrogen) atoms. The SMILES string of the molecule is C[C@@H](NC(=O)OC(C)(C)C)C(=O)Nc1nnc(SCc2cccs2)s1. The van der Waals surface area contributed by atoms with Crippen molar-refractivity contribution in [1.29, 1.82) is 0 Å². The van der Waals surface area contributed by atoms with E-state index in [0.29, 0.717) is 5.13 Å². The first-order valence-corrected chi connectivity index (χ1v) is 10.2. The van der Waals surface area contributed by atoms with Gasteiger partial charge in [0, 0.05) is 10.6 Å². The minimum atomic E-state index is -0.749. The van der Waals surface area contributed by atoms with E-state index < -0.39 is 17.7 Å². The minimum absolute atomic E-state index is 0.378. The van der Waals surface area contributed by atoms with Crippen LogP contribution in [0.5, 0.6) is 0 Å². The van der Waals surface area contributed by atoms with Crippen LogP contribution >= 0.6 is 34.4 Å². The van der Waals surface area contributed by atoms with Crippen LogP contribution in [0.2, 0.25) is 0 Å². The summed E-state index contributed by atoms with van der Waals surface area (Å²) in [6.07, 6.45) is -0.639. The number of carbonyl (C=O) groups excluding carboxylic acids is 2. The molecule has 2 aromatic heterocycles. The Kier molecular flexibility index (Phi) is 6.79. The first-order chi connectivity index (χ1) is 11.7. The molecule has 0 saturated heterocycles. The molecular formula is C15H20N4O3S3. The number of hydrogen-bond acceptors (Lipinski definition) is 8. The van der Waals surface area contributed by atoms with Crippen LogP contribution in [-0.2, 0) is 15.3 Å². The van der Waals surface area contributed by atoms with Gasteiger partial charge in [0.05, 0.1) is 0 Å². The van der Waals surface area contributed by atoms with Gasteiger partial charge in [0.15, 0.2) is 4.34 Å². The summed E-state index contributed by atoms with van der Waals surface area (Å²) >= 11 is 4.55. The summed E-state index contributed by atoms with van der Waals surface area (Å²) in [5.41, 5.74) is -0.617. The second-order valence-electron chi connectivity index (χ2n) is 6.10. The van der Waals surface area contributed by atoms with Crippen molar-refractivity contribution in [3.63, 3.8) is 0 Å². The van der Waals surface area contributed by atoms with E-state index in [1.807, 2.05) is 11.4 Å². The van der Waals surface area contributed by atoms with Crippen LogP contribution in [0.25, 0.3) is 0 Å². The van der Waals surface area contributed by atoms with E-state index in [0.717, 1.165) is 10.1 Å². The molecule has 7 nitrogen and oxygen atoms in total. The maximum absolute atomic E-state index is 12.1. The highest BCUT2D eigenvalue weighted by molar-refractivity contribution is 8.00. The lowest BCUT2D eigenvalue weighted by Gasteiger charge is -2.21. The number of hydrogen-bond donors (Lipinski definition) is 2. The molecule has 0 aliphatic rings. The minimum Gasteiger partial charge on any atom is -0.444 e. The number of alkyl carbamates (subject to hydrolysis) is 1. The Hall–Kier alpha value is -1.65. The van der Waals surface area contributed by atoms with Crippen LogP contribution in [0.3, 0.4) is 0 Å². The van der Waals surface area contributed by atoms with Crippen molar-refractivity contribution < 1.29 is 14.3 Å². The Balaban J connectivity index is 1.80. The molecule has 0 aromatic carbocycles. The number of nitrogens with one attached hydrogen (secondary N) is 2. The van der Waals surface area contributed by atoms with Crippen LogP contribution in [0.4, 0.5) is 9.93 Å². The molecule has 0 bridgehead atoms. The largest absolute Gasteiger partial charge is 0.444 e. The molecule has 0 aliphatic carbocycles. The van der Waals surface area contributed by atoms with E-state index in [9.17, 15) is 9.59 Å². The zero-order chi connectivity index (χ0) is 18.4. The fourth-order valence-electron chi connectivity index (χ4n) is 1.61. The van der Waals surface area contributed by atoms with Crippen molar-refractivity contribution in [3.8, 4) is 0 Å². The predicted octanol–water partition coefficient (Wildman–Crippen LogP) is 3.74. The first kappa shape index (κ1) is 19.7. The monoisotopic (exact) mass is 400 g/mol. The third-order valence-corrected chi connectivity index (χ3v) is 5.76. The number of carbonyl (C=O) groups is 2. The van der Waals surface area contributed by atoms with E-state index in [-0.39, 0.29) is 5.91 Å². The van der Waals surface area contributed by atoms with Crippen molar-refractivity contribution in [1.82, 2.24) is 15.5 Å². The Bertz CT molecular complexity index is 710. The average Bonchev–Trinajstić information content (AvgIpc) is 3.14. The number of thioether (sulfide) groups is 1. The van der Waals surface area contributed by atoms with Crippen molar-refractivity contribution in [2.75, 3.05) is 5.32 Å². The molecule has 0 fully saturated rings. The highest BCUT2D eigenvalue weighted by atomic mass is 32.2. The van der Waals surface area contributed by atoms with Gasteiger partial charge in [0.2, 0.25) is 11.0 Å². The van der Waals surface area contributed by atoms with Gasteiger partial charge in [-0.25, -0.2) is 4.79 Å². The van der Waals surface area contributed by atoms with Crippen LogP contribution in [-0.4, -0.2) is 33.8 Å². The lowest BCUT2D eigenvalue weighted by atomic mass is 10.2. The summed E-state index contributed by atoms with van der Waals surface area (Å²) in [6, 6.07) is 3.32. The van der Waals surface area contributed by atoms with Gasteiger partial charge >= 0.3 is 6.09 Å². The average molecular weight is 401 g/mol. The number of aromatic nitrogens is 2. The molecule has 2 amide bonds. The van der Waals surface area contributed by atoms with Crippen molar-refractivity contribution >= 4 is 51.6 Å². The fourth-order valence-corrected chi connectivity index (χ4v) is 4.14. The number of anilines is 1. The summed E-state index contributed by atoms with van der Waals surface area (Å²) in [7, 11) is 0. The lowest BCUT2D eigenvalue weighted by molar-refractivity contribution is -0.117. The molecule has 1 atom stereocenters. The molecule has 2 rings (SSSR count). The zero-order valence-corrected chi connectivity index (χ0v) is 16.8. The smallest absolute Gasteiger partial charge is 0.408 e. The van der Waals surface area contributed by atoms with Crippen molar-refractivity contribution in [2.45, 2.75) is 49.4 Å². The van der Waals surface area contributed by atoms with E-state index in [1.54, 1.807) is 50.8 Å². The number of ether oxygens (including phenoxy) is 1. The third-order valence-electron chi connectivity index (χ3n) is 2.68. The van der Waals surface area contributed by atoms with E-state index in [2.05, 4.69) is 26.9 Å². The summed E-state index contributed by atoms with van der Waals surface area (Å²) in [5.74, 6) is 0.438. The van der Waals surface area contributed by atoms with Crippen LogP contribution in [0.15, 0.2) is 21.9 Å². The van der Waals surface area contributed by atoms with Gasteiger partial charge in [0.1, 0.15) is 11.6 Å². The van der Waals surface area contributed by atoms with Crippen LogP contribution in [0.1, 0.15) is 32.6 Å². The fraction of sp³-hybridized carbons (Fsp3) is 0.467. The standard InChI is InChI=1S/C15H20N4O3S3/c1-9(16-13(21)22-15(2,3)4)11(20)17-12-18-19-14(25-12)24-8-10-6-5-7-23-10/h5-7,9H,8H2,1-4H3,(H,16,21)(H,17,18,20)/t9-/m1/s1. The van der Waals surface area contributed by atoms with Gasteiger partial charge < -0.3 is 10.1 Å². The molecule has 0 unspecified atom stereocenters. The van der Waals surface area contributed by atoms with Gasteiger partial charge in [0.25, 0.3) is 0 Å². The Morgan fingerprint density at radius 2 is 2.12 bits per heavy atom. The number of thiophene rings is 1. The predicted molar refractivity (Wildman–Crippen MR) is 101 cm³/mol. The van der Waals surface area contributed by atoms with Gasteiger partial charge in [-0.1, -0.05) is 29.2 Å². The number of nitrogens with zero attached hydrogens (tertiary/aromatic N) is 2. The zero-order valence-electron chi connectivity index (χ0n) is 14.4. The van der Waals surface area contributed by atoms with E-state index in [1.165, 1.54) is 16.2 Å². The highest BCUT2D eigenvalue weighted by Crippen LogP contribution is 2.29. The quantitative estimate of drug-likeness (QED) is 0.567. The lowest BCUT2D eigenvalue weighted by Crippen LogP contribution is -2.43. The topological polar surface area (TPSA) is 93.2 Å². The highest BCUT2D eigenvalue weighted by Gasteiger charge is 2.21.